The molecule has 7 nitrogen and oxygen atoms in total. The summed E-state index contributed by atoms with van der Waals surface area (Å²) < 4.78 is 6.59. The predicted octanol–water partition coefficient (Wildman–Crippen LogP) is 5.42. The maximum atomic E-state index is 14.4. The molecular weight excluding hydrogens is 514 g/mol. The number of amides is 3. The quantitative estimate of drug-likeness (QED) is 0.454. The zero-order valence-electron chi connectivity index (χ0n) is 25.3. The number of benzene rings is 1. The number of anilines is 1. The van der Waals surface area contributed by atoms with Crippen molar-refractivity contribution in [3.8, 4) is 0 Å². The van der Waals surface area contributed by atoms with Crippen LogP contribution >= 0.6 is 0 Å². The van der Waals surface area contributed by atoms with Gasteiger partial charge >= 0.3 is 0 Å². The van der Waals surface area contributed by atoms with Gasteiger partial charge < -0.3 is 20.3 Å². The van der Waals surface area contributed by atoms with Crippen LogP contribution in [0.5, 0.6) is 0 Å². The molecule has 2 saturated heterocycles. The number of hydrogen-bond donors (Lipinski definition) is 2. The first-order valence-corrected chi connectivity index (χ1v) is 16.0. The number of nitrogens with zero attached hydrogens (tertiary/aromatic N) is 1. The predicted molar refractivity (Wildman–Crippen MR) is 159 cm³/mol. The highest BCUT2D eigenvalue weighted by atomic mass is 16.5. The summed E-state index contributed by atoms with van der Waals surface area (Å²) in [6.07, 6.45) is 10.4. The van der Waals surface area contributed by atoms with Crippen LogP contribution in [0.2, 0.25) is 0 Å². The molecule has 8 atom stereocenters. The van der Waals surface area contributed by atoms with Gasteiger partial charge in [-0.3, -0.25) is 14.4 Å². The third-order valence-corrected chi connectivity index (χ3v) is 11.1. The minimum Gasteiger partial charge on any atom is -0.359 e. The zero-order valence-corrected chi connectivity index (χ0v) is 25.3. The lowest BCUT2D eigenvalue weighted by Crippen LogP contribution is -2.59. The number of likely N-dealkylation sites (tertiary alicyclic amines) is 1. The third-order valence-electron chi connectivity index (χ3n) is 11.1. The number of ether oxygens (including phenoxy) is 1. The summed E-state index contributed by atoms with van der Waals surface area (Å²) in [6, 6.07) is 7.20. The summed E-state index contributed by atoms with van der Waals surface area (Å²) in [5.41, 5.74) is 0.799. The molecule has 0 unspecified atom stereocenters. The van der Waals surface area contributed by atoms with Gasteiger partial charge in [-0.25, -0.2) is 0 Å². The summed E-state index contributed by atoms with van der Waals surface area (Å²) in [7, 11) is 0. The molecule has 0 aromatic heterocycles. The van der Waals surface area contributed by atoms with E-state index in [4.69, 9.17) is 4.74 Å². The van der Waals surface area contributed by atoms with E-state index in [1.54, 1.807) is 0 Å². The van der Waals surface area contributed by atoms with E-state index in [9.17, 15) is 14.4 Å². The van der Waals surface area contributed by atoms with Crippen molar-refractivity contribution in [1.82, 2.24) is 10.2 Å². The van der Waals surface area contributed by atoms with E-state index in [2.05, 4.69) is 45.3 Å². The fraction of sp³-hybridized carbons (Fsp3) is 0.676. The van der Waals surface area contributed by atoms with Crippen LogP contribution in [0.1, 0.15) is 91.0 Å². The lowest BCUT2D eigenvalue weighted by molar-refractivity contribution is -0.145. The first-order chi connectivity index (χ1) is 19.6. The van der Waals surface area contributed by atoms with Gasteiger partial charge in [0, 0.05) is 17.8 Å². The molecule has 2 saturated carbocycles. The minimum absolute atomic E-state index is 0.0135. The van der Waals surface area contributed by atoms with E-state index in [0.717, 1.165) is 38.5 Å². The van der Waals surface area contributed by atoms with Gasteiger partial charge in [-0.15, -0.1) is 0 Å². The molecule has 1 aromatic carbocycles. The second-order valence-corrected chi connectivity index (χ2v) is 14.0. The zero-order chi connectivity index (χ0) is 29.1. The molecule has 2 N–H and O–H groups in total. The van der Waals surface area contributed by atoms with Gasteiger partial charge in [-0.05, 0) is 73.5 Å². The van der Waals surface area contributed by atoms with E-state index in [1.807, 2.05) is 41.3 Å². The average Bonchev–Trinajstić information content (AvgIpc) is 3.59. The van der Waals surface area contributed by atoms with Crippen molar-refractivity contribution < 1.29 is 19.1 Å². The van der Waals surface area contributed by atoms with E-state index in [1.165, 1.54) is 12.0 Å². The lowest BCUT2D eigenvalue weighted by Gasteiger charge is -2.41. The van der Waals surface area contributed by atoms with Crippen molar-refractivity contribution in [2.75, 3.05) is 5.32 Å². The Labute approximate surface area is 244 Å². The number of rotatable bonds is 6. The monoisotopic (exact) mass is 561 g/mol. The summed E-state index contributed by atoms with van der Waals surface area (Å²) in [6.45, 7) is 11.0. The van der Waals surface area contributed by atoms with E-state index in [-0.39, 0.29) is 29.8 Å². The Kier molecular flexibility index (Phi) is 7.54. The van der Waals surface area contributed by atoms with Crippen molar-refractivity contribution in [1.29, 1.82) is 0 Å². The van der Waals surface area contributed by atoms with E-state index < -0.39 is 29.6 Å². The normalized spacial score (nSPS) is 39.7. The van der Waals surface area contributed by atoms with Crippen LogP contribution in [0.25, 0.3) is 0 Å². The third kappa shape index (κ3) is 4.82. The lowest BCUT2D eigenvalue weighted by atomic mass is 9.73. The molecular formula is C34H47N3O4. The van der Waals surface area contributed by atoms with Crippen molar-refractivity contribution in [3.05, 3.63) is 42.0 Å². The van der Waals surface area contributed by atoms with Crippen molar-refractivity contribution in [2.45, 2.75) is 115 Å². The van der Waals surface area contributed by atoms with Crippen LogP contribution < -0.4 is 10.6 Å². The molecule has 6 rings (SSSR count). The summed E-state index contributed by atoms with van der Waals surface area (Å²) >= 11 is 0. The second-order valence-electron chi connectivity index (χ2n) is 14.0. The number of nitrogens with one attached hydrogen (secondary N) is 2. The van der Waals surface area contributed by atoms with Gasteiger partial charge in [0.15, 0.2) is 0 Å². The Morgan fingerprint density at radius 1 is 0.976 bits per heavy atom. The maximum absolute atomic E-state index is 14.4. The molecule has 1 spiro atoms. The number of fused-ring (bicyclic) bond motifs is 1. The van der Waals surface area contributed by atoms with Crippen molar-refractivity contribution >= 4 is 23.4 Å². The average molecular weight is 562 g/mol. The fourth-order valence-corrected chi connectivity index (χ4v) is 8.34. The van der Waals surface area contributed by atoms with Crippen LogP contribution in [-0.2, 0) is 19.1 Å². The van der Waals surface area contributed by atoms with Crippen LogP contribution in [-0.4, -0.2) is 52.5 Å². The molecule has 2 bridgehead atoms. The summed E-state index contributed by atoms with van der Waals surface area (Å²) in [5.74, 6) is 0.116. The van der Waals surface area contributed by atoms with Gasteiger partial charge in [0.2, 0.25) is 17.7 Å². The van der Waals surface area contributed by atoms with Gasteiger partial charge in [-0.2, -0.15) is 0 Å². The van der Waals surface area contributed by atoms with Crippen LogP contribution in [0.4, 0.5) is 5.69 Å². The molecule has 5 aliphatic rings. The molecule has 7 heteroatoms. The van der Waals surface area contributed by atoms with E-state index >= 15 is 0 Å². The molecule has 3 aliphatic heterocycles. The maximum Gasteiger partial charge on any atom is 0.246 e. The van der Waals surface area contributed by atoms with Gasteiger partial charge in [-0.1, -0.05) is 71.7 Å². The minimum atomic E-state index is -1.11. The number of carbonyl (C=O) groups excluding carboxylic acids is 3. The SMILES string of the molecule is CC1CCC(N2C(=O)[C@H]3[C@H](C(=O)Nc4ccc(C(C)C)cc4)[C@H]4C=C[C@@]3(O4)[C@@H]2C(=O)N[C@@H]2CCC[C@@H](C)[C@@H]2C)CC1. The van der Waals surface area contributed by atoms with Gasteiger partial charge in [0.1, 0.15) is 11.6 Å². The van der Waals surface area contributed by atoms with E-state index in [0.29, 0.717) is 29.4 Å². The Bertz CT molecular complexity index is 1200. The van der Waals surface area contributed by atoms with Gasteiger partial charge in [0.25, 0.3) is 0 Å². The summed E-state index contributed by atoms with van der Waals surface area (Å²) in [4.78, 5) is 44.4. The highest BCUT2D eigenvalue weighted by molar-refractivity contribution is 6.03. The number of hydrogen-bond acceptors (Lipinski definition) is 4. The standard InChI is InChI=1S/C34H47N3O4/c1-19(2)23-11-13-24(14-12-23)35-31(38)28-27-17-18-34(41-27)29(28)33(40)37(25-15-9-20(3)10-16-25)30(34)32(39)36-26-8-6-7-21(4)22(26)5/h11-14,17-22,25-30H,6-10,15-16H2,1-5H3,(H,35,38)(H,36,39)/t20?,21-,22+,25?,26-,27-,28-,29-,30+,34+/m1/s1. The molecule has 222 valence electrons. The fourth-order valence-electron chi connectivity index (χ4n) is 8.34. The highest BCUT2D eigenvalue weighted by Crippen LogP contribution is 2.56. The molecule has 1 aromatic rings. The Morgan fingerprint density at radius 2 is 1.68 bits per heavy atom. The Balaban J connectivity index is 1.29. The first-order valence-electron chi connectivity index (χ1n) is 16.0. The molecule has 3 amide bonds. The molecule has 3 heterocycles. The van der Waals surface area contributed by atoms with Crippen LogP contribution in [0.3, 0.4) is 0 Å². The first kappa shape index (κ1) is 28.4. The molecule has 4 fully saturated rings. The topological polar surface area (TPSA) is 87.7 Å². The molecule has 2 aliphatic carbocycles. The number of carbonyl (C=O) groups is 3. The Hall–Kier alpha value is -2.67. The molecule has 41 heavy (non-hydrogen) atoms. The van der Waals surface area contributed by atoms with Crippen molar-refractivity contribution in [3.63, 3.8) is 0 Å². The second kappa shape index (κ2) is 10.9. The molecule has 0 radical (unpaired) electrons. The van der Waals surface area contributed by atoms with Crippen LogP contribution in [0.15, 0.2) is 36.4 Å². The Morgan fingerprint density at radius 3 is 2.37 bits per heavy atom. The smallest absolute Gasteiger partial charge is 0.246 e. The van der Waals surface area contributed by atoms with Gasteiger partial charge in [0.05, 0.1) is 17.9 Å². The van der Waals surface area contributed by atoms with Crippen molar-refractivity contribution in [2.24, 2.45) is 29.6 Å². The largest absolute Gasteiger partial charge is 0.359 e. The van der Waals surface area contributed by atoms with Crippen LogP contribution in [0, 0.1) is 29.6 Å². The highest BCUT2D eigenvalue weighted by Gasteiger charge is 2.73. The summed E-state index contributed by atoms with van der Waals surface area (Å²) in [5, 5.41) is 6.44.